The van der Waals surface area contributed by atoms with Crippen LogP contribution in [0.3, 0.4) is 0 Å². The molecule has 4 aromatic rings. The van der Waals surface area contributed by atoms with Gasteiger partial charge in [-0.1, -0.05) is 48.5 Å². The van der Waals surface area contributed by atoms with Crippen molar-refractivity contribution in [3.8, 4) is 17.0 Å². The second-order valence-electron chi connectivity index (χ2n) is 7.84. The third kappa shape index (κ3) is 6.63. The summed E-state index contributed by atoms with van der Waals surface area (Å²) in [4.78, 5) is 4.45. The van der Waals surface area contributed by atoms with Crippen molar-refractivity contribution in [3.05, 3.63) is 96.7 Å². The number of aromatic nitrogens is 3. The van der Waals surface area contributed by atoms with Gasteiger partial charge in [0, 0.05) is 37.1 Å². The van der Waals surface area contributed by atoms with Crippen molar-refractivity contribution in [2.75, 3.05) is 25.0 Å². The minimum absolute atomic E-state index is 0.0162. The maximum atomic E-state index is 12.9. The van der Waals surface area contributed by atoms with Gasteiger partial charge in [0.1, 0.15) is 11.9 Å². The minimum Gasteiger partial charge on any atom is -0.470 e. The number of nitrogens with one attached hydrogen (secondary N) is 2. The molecule has 0 bridgehead atoms. The van der Waals surface area contributed by atoms with Crippen molar-refractivity contribution in [2.45, 2.75) is 12.5 Å². The smallest absolute Gasteiger partial charge is 0.237 e. The summed E-state index contributed by atoms with van der Waals surface area (Å²) >= 11 is 0. The molecule has 1 atom stereocenters. The SMILES string of the molecule is Cn1cc(-c2cnc3c(c2)NCC(CNCCc2ccc(F)cc2)O3)cn1.c1ccccc1. The Morgan fingerprint density at radius 1 is 1.06 bits per heavy atom. The van der Waals surface area contributed by atoms with Crippen molar-refractivity contribution < 1.29 is 9.13 Å². The van der Waals surface area contributed by atoms with Crippen LogP contribution in [0.4, 0.5) is 10.1 Å². The molecule has 1 aliphatic rings. The summed E-state index contributed by atoms with van der Waals surface area (Å²) in [5, 5.41) is 11.0. The van der Waals surface area contributed by atoms with Crippen LogP contribution in [0.2, 0.25) is 0 Å². The first kappa shape index (κ1) is 22.5. The molecular weight excluding hydrogens is 417 g/mol. The van der Waals surface area contributed by atoms with E-state index in [1.165, 1.54) is 12.1 Å². The molecule has 0 radical (unpaired) electrons. The molecule has 0 amide bonds. The normalized spacial score (nSPS) is 14.3. The van der Waals surface area contributed by atoms with E-state index in [1.807, 2.05) is 80.2 Å². The molecule has 3 heterocycles. The first-order valence-electron chi connectivity index (χ1n) is 11.0. The van der Waals surface area contributed by atoms with Crippen LogP contribution in [-0.4, -0.2) is 40.5 Å². The van der Waals surface area contributed by atoms with E-state index in [-0.39, 0.29) is 11.9 Å². The number of fused-ring (bicyclic) bond motifs is 1. The Morgan fingerprint density at radius 3 is 2.45 bits per heavy atom. The van der Waals surface area contributed by atoms with Crippen LogP contribution in [0.5, 0.6) is 5.88 Å². The average molecular weight is 446 g/mol. The van der Waals surface area contributed by atoms with Gasteiger partial charge in [-0.15, -0.1) is 0 Å². The number of benzene rings is 2. The highest BCUT2D eigenvalue weighted by molar-refractivity contribution is 5.69. The van der Waals surface area contributed by atoms with E-state index in [1.54, 1.807) is 4.68 Å². The van der Waals surface area contributed by atoms with E-state index in [9.17, 15) is 4.39 Å². The fourth-order valence-corrected chi connectivity index (χ4v) is 3.47. The van der Waals surface area contributed by atoms with Gasteiger partial charge < -0.3 is 15.4 Å². The molecule has 1 unspecified atom stereocenters. The first-order valence-corrected chi connectivity index (χ1v) is 11.0. The third-order valence-corrected chi connectivity index (χ3v) is 5.23. The van der Waals surface area contributed by atoms with Crippen LogP contribution in [-0.2, 0) is 13.5 Å². The zero-order valence-electron chi connectivity index (χ0n) is 18.6. The van der Waals surface area contributed by atoms with Crippen LogP contribution in [0.1, 0.15) is 5.56 Å². The number of halogens is 1. The fourth-order valence-electron chi connectivity index (χ4n) is 3.47. The highest BCUT2D eigenvalue weighted by atomic mass is 19.1. The Kier molecular flexibility index (Phi) is 7.66. The second-order valence-corrected chi connectivity index (χ2v) is 7.84. The van der Waals surface area contributed by atoms with E-state index in [0.717, 1.165) is 41.9 Å². The molecule has 2 aromatic carbocycles. The molecule has 0 aliphatic carbocycles. The number of pyridine rings is 1. The molecule has 2 aromatic heterocycles. The van der Waals surface area contributed by atoms with Gasteiger partial charge in [-0.05, 0) is 36.7 Å². The van der Waals surface area contributed by atoms with Gasteiger partial charge in [0.15, 0.2) is 0 Å². The van der Waals surface area contributed by atoms with Gasteiger partial charge in [0.25, 0.3) is 0 Å². The molecule has 0 fully saturated rings. The van der Waals surface area contributed by atoms with Crippen molar-refractivity contribution in [1.29, 1.82) is 0 Å². The Morgan fingerprint density at radius 2 is 1.79 bits per heavy atom. The molecule has 6 nitrogen and oxygen atoms in total. The lowest BCUT2D eigenvalue weighted by Gasteiger charge is -2.27. The van der Waals surface area contributed by atoms with Gasteiger partial charge in [0.2, 0.25) is 5.88 Å². The quantitative estimate of drug-likeness (QED) is 0.433. The van der Waals surface area contributed by atoms with Gasteiger partial charge in [-0.3, -0.25) is 4.68 Å². The van der Waals surface area contributed by atoms with E-state index < -0.39 is 0 Å². The number of nitrogens with zero attached hydrogens (tertiary/aromatic N) is 3. The number of hydrogen-bond acceptors (Lipinski definition) is 5. The molecule has 170 valence electrons. The third-order valence-electron chi connectivity index (χ3n) is 5.23. The van der Waals surface area contributed by atoms with Crippen LogP contribution < -0.4 is 15.4 Å². The van der Waals surface area contributed by atoms with E-state index in [4.69, 9.17) is 4.74 Å². The lowest BCUT2D eigenvalue weighted by Crippen LogP contribution is -2.40. The fraction of sp³-hybridized carbons (Fsp3) is 0.231. The Bertz CT molecular complexity index is 1100. The number of hydrogen-bond donors (Lipinski definition) is 2. The molecule has 5 rings (SSSR count). The Balaban J connectivity index is 0.000000376. The maximum Gasteiger partial charge on any atom is 0.237 e. The van der Waals surface area contributed by atoms with Crippen molar-refractivity contribution in [2.24, 2.45) is 7.05 Å². The van der Waals surface area contributed by atoms with Gasteiger partial charge in [-0.2, -0.15) is 5.10 Å². The first-order chi connectivity index (χ1) is 16.2. The predicted octanol–water partition coefficient (Wildman–Crippen LogP) is 4.31. The van der Waals surface area contributed by atoms with Crippen LogP contribution in [0, 0.1) is 5.82 Å². The van der Waals surface area contributed by atoms with E-state index in [0.29, 0.717) is 12.4 Å². The molecule has 2 N–H and O–H groups in total. The Labute approximate surface area is 193 Å². The summed E-state index contributed by atoms with van der Waals surface area (Å²) in [7, 11) is 1.89. The standard InChI is InChI=1S/C20H22FN5O.C6H6/c1-26-13-16(10-25-26)15-8-19-20(24-9-15)27-18(12-23-19)11-22-7-6-14-2-4-17(21)5-3-14;1-2-4-6-5-3-1/h2-5,8-10,13,18,22-23H,6-7,11-12H2,1H3;1-6H. The van der Waals surface area contributed by atoms with Crippen LogP contribution >= 0.6 is 0 Å². The summed E-state index contributed by atoms with van der Waals surface area (Å²) < 4.78 is 20.7. The molecule has 0 spiro atoms. The van der Waals surface area contributed by atoms with Crippen LogP contribution in [0.25, 0.3) is 11.1 Å². The number of rotatable bonds is 6. The molecular formula is C26H28FN5O. The zero-order valence-corrected chi connectivity index (χ0v) is 18.6. The summed E-state index contributed by atoms with van der Waals surface area (Å²) in [6.07, 6.45) is 6.45. The Hall–Kier alpha value is -3.71. The van der Waals surface area contributed by atoms with Crippen LogP contribution in [0.15, 0.2) is 85.3 Å². The molecule has 7 heteroatoms. The zero-order chi connectivity index (χ0) is 22.9. The monoisotopic (exact) mass is 445 g/mol. The second kappa shape index (κ2) is 11.2. The highest BCUT2D eigenvalue weighted by Gasteiger charge is 2.20. The van der Waals surface area contributed by atoms with Gasteiger partial charge in [-0.25, -0.2) is 9.37 Å². The lowest BCUT2D eigenvalue weighted by molar-refractivity contribution is 0.194. The number of aryl methyl sites for hydroxylation is 1. The lowest BCUT2D eigenvalue weighted by atomic mass is 10.1. The topological polar surface area (TPSA) is 64.0 Å². The number of anilines is 1. The minimum atomic E-state index is -0.203. The van der Waals surface area contributed by atoms with Crippen molar-refractivity contribution in [3.63, 3.8) is 0 Å². The van der Waals surface area contributed by atoms with Crippen molar-refractivity contribution in [1.82, 2.24) is 20.1 Å². The maximum absolute atomic E-state index is 12.9. The van der Waals surface area contributed by atoms with E-state index in [2.05, 4.69) is 20.7 Å². The average Bonchev–Trinajstić information content (AvgIpc) is 3.30. The van der Waals surface area contributed by atoms with Gasteiger partial charge >= 0.3 is 0 Å². The predicted molar refractivity (Wildman–Crippen MR) is 129 cm³/mol. The summed E-state index contributed by atoms with van der Waals surface area (Å²) in [6, 6.07) is 20.7. The molecule has 0 saturated heterocycles. The summed E-state index contributed by atoms with van der Waals surface area (Å²) in [5.41, 5.74) is 4.05. The summed E-state index contributed by atoms with van der Waals surface area (Å²) in [5.74, 6) is 0.422. The molecule has 0 saturated carbocycles. The largest absolute Gasteiger partial charge is 0.470 e. The van der Waals surface area contributed by atoms with E-state index >= 15 is 0 Å². The molecule has 33 heavy (non-hydrogen) atoms. The van der Waals surface area contributed by atoms with Gasteiger partial charge in [0.05, 0.1) is 18.4 Å². The number of ether oxygens (including phenoxy) is 1. The molecule has 1 aliphatic heterocycles. The van der Waals surface area contributed by atoms with Crippen molar-refractivity contribution >= 4 is 5.69 Å². The highest BCUT2D eigenvalue weighted by Crippen LogP contribution is 2.30. The summed E-state index contributed by atoms with van der Waals surface area (Å²) in [6.45, 7) is 2.25.